The average molecular weight is 687 g/mol. The molecule has 0 saturated carbocycles. The summed E-state index contributed by atoms with van der Waals surface area (Å²) in [6.07, 6.45) is 7.25. The molecule has 0 aliphatic rings. The van der Waals surface area contributed by atoms with Crippen molar-refractivity contribution in [1.82, 2.24) is 29.1 Å². The Hall–Kier alpha value is -7.32. The lowest BCUT2D eigenvalue weighted by atomic mass is 10.1. The van der Waals surface area contributed by atoms with Gasteiger partial charge in [-0.1, -0.05) is 48.5 Å². The lowest BCUT2D eigenvalue weighted by Crippen LogP contribution is -1.97. The molecule has 10 aromatic rings. The van der Waals surface area contributed by atoms with Gasteiger partial charge in [0.2, 0.25) is 0 Å². The van der Waals surface area contributed by atoms with Crippen molar-refractivity contribution in [3.8, 4) is 46.0 Å². The summed E-state index contributed by atoms with van der Waals surface area (Å²) < 4.78 is 17.6. The zero-order valence-electron chi connectivity index (χ0n) is 28.6. The summed E-state index contributed by atoms with van der Waals surface area (Å²) in [5, 5.41) is 4.52. The maximum absolute atomic E-state index is 6.64. The highest BCUT2D eigenvalue weighted by molar-refractivity contribution is 6.10. The molecule has 10 rings (SSSR count). The maximum atomic E-state index is 6.64. The van der Waals surface area contributed by atoms with Crippen LogP contribution in [0.25, 0.3) is 66.6 Å². The van der Waals surface area contributed by atoms with Gasteiger partial charge in [-0.15, -0.1) is 0 Å². The van der Waals surface area contributed by atoms with Crippen molar-refractivity contribution < 1.29 is 9.47 Å². The number of hydrogen-bond acceptors (Lipinski definition) is 6. The Labute approximate surface area is 304 Å². The average Bonchev–Trinajstić information content (AvgIpc) is 3.71. The van der Waals surface area contributed by atoms with Crippen LogP contribution in [-0.2, 0) is 0 Å². The molecule has 53 heavy (non-hydrogen) atoms. The first kappa shape index (κ1) is 30.5. The fourth-order valence-corrected chi connectivity index (χ4v) is 7.13. The molecule has 8 heteroatoms. The largest absolute Gasteiger partial charge is 0.457 e. The molecule has 5 aromatic carbocycles. The number of aromatic nitrogens is 6. The van der Waals surface area contributed by atoms with Crippen molar-refractivity contribution in [3.63, 3.8) is 0 Å². The number of para-hydroxylation sites is 2. The molecule has 0 N–H and O–H groups in total. The second kappa shape index (κ2) is 12.5. The summed E-state index contributed by atoms with van der Waals surface area (Å²) >= 11 is 0. The first-order chi connectivity index (χ1) is 26.2. The third-order valence-corrected chi connectivity index (χ3v) is 9.44. The molecule has 0 radical (unpaired) electrons. The predicted molar refractivity (Wildman–Crippen MR) is 210 cm³/mol. The fourth-order valence-electron chi connectivity index (χ4n) is 7.13. The van der Waals surface area contributed by atoms with Crippen molar-refractivity contribution in [2.75, 3.05) is 0 Å². The monoisotopic (exact) mass is 686 g/mol. The number of nitrogens with zero attached hydrogens (tertiary/aromatic N) is 6. The van der Waals surface area contributed by atoms with Crippen LogP contribution >= 0.6 is 0 Å². The van der Waals surface area contributed by atoms with Gasteiger partial charge in [0.15, 0.2) is 5.82 Å². The van der Waals surface area contributed by atoms with E-state index in [0.717, 1.165) is 66.4 Å². The van der Waals surface area contributed by atoms with Crippen LogP contribution in [0.15, 0.2) is 164 Å². The number of aryl methyl sites for hydroxylation is 1. The molecule has 0 unspecified atom stereocenters. The molecular formula is C45H30N6O2. The molecule has 0 atom stereocenters. The molecule has 5 heterocycles. The number of benzene rings is 5. The number of ether oxygens (including phenoxy) is 2. The molecular weight excluding hydrogens is 657 g/mol. The van der Waals surface area contributed by atoms with Gasteiger partial charge >= 0.3 is 0 Å². The van der Waals surface area contributed by atoms with Crippen LogP contribution in [0.5, 0.6) is 23.0 Å². The van der Waals surface area contributed by atoms with Crippen LogP contribution < -0.4 is 9.47 Å². The van der Waals surface area contributed by atoms with Crippen molar-refractivity contribution in [2.24, 2.45) is 0 Å². The van der Waals surface area contributed by atoms with Gasteiger partial charge in [-0.05, 0) is 85.3 Å². The van der Waals surface area contributed by atoms with E-state index in [0.29, 0.717) is 28.8 Å². The van der Waals surface area contributed by atoms with E-state index in [2.05, 4.69) is 89.7 Å². The van der Waals surface area contributed by atoms with Gasteiger partial charge in [0.05, 0.1) is 22.1 Å². The molecule has 0 saturated heterocycles. The van der Waals surface area contributed by atoms with Gasteiger partial charge < -0.3 is 9.47 Å². The van der Waals surface area contributed by atoms with E-state index < -0.39 is 0 Å². The predicted octanol–water partition coefficient (Wildman–Crippen LogP) is 11.0. The summed E-state index contributed by atoms with van der Waals surface area (Å²) in [5.74, 6) is 4.77. The number of hydrogen-bond donors (Lipinski definition) is 0. The van der Waals surface area contributed by atoms with Crippen molar-refractivity contribution >= 4 is 43.6 Å². The lowest BCUT2D eigenvalue weighted by Gasteiger charge is -2.13. The van der Waals surface area contributed by atoms with Gasteiger partial charge in [0.1, 0.15) is 34.6 Å². The summed E-state index contributed by atoms with van der Waals surface area (Å²) in [6, 6.07) is 46.7. The Morgan fingerprint density at radius 3 is 1.38 bits per heavy atom. The van der Waals surface area contributed by atoms with Crippen LogP contribution in [0.2, 0.25) is 0 Å². The Balaban J connectivity index is 1.08. The molecule has 0 aliphatic carbocycles. The minimum atomic E-state index is 0.572. The van der Waals surface area contributed by atoms with E-state index >= 15 is 0 Å². The van der Waals surface area contributed by atoms with E-state index in [-0.39, 0.29) is 0 Å². The quantitative estimate of drug-likeness (QED) is 0.166. The molecule has 0 amide bonds. The van der Waals surface area contributed by atoms with Gasteiger partial charge in [0, 0.05) is 70.1 Å². The summed E-state index contributed by atoms with van der Waals surface area (Å²) in [6.45, 7) is 1.97. The topological polar surface area (TPSA) is 79.9 Å². The van der Waals surface area contributed by atoms with E-state index in [1.54, 1.807) is 0 Å². The Morgan fingerprint density at radius 2 is 0.887 bits per heavy atom. The second-order valence-corrected chi connectivity index (χ2v) is 12.9. The van der Waals surface area contributed by atoms with Crippen molar-refractivity contribution in [3.05, 3.63) is 170 Å². The first-order valence-electron chi connectivity index (χ1n) is 17.4. The molecule has 0 fully saturated rings. The highest BCUT2D eigenvalue weighted by Gasteiger charge is 2.17. The minimum absolute atomic E-state index is 0.572. The number of pyridine rings is 2. The summed E-state index contributed by atoms with van der Waals surface area (Å²) in [7, 11) is 0. The second-order valence-electron chi connectivity index (χ2n) is 12.9. The standard InChI is InChI=1S/C45H30N6O2/c1-29-27-48-45(49-28-29)30-22-33(52-31-16-18-37-35-10-2-4-12-39(35)50(41(37)25-31)43-14-6-8-20-46-43)24-34(23-30)53-32-17-19-38-36-11-3-5-13-40(36)51(42(38)26-32)44-15-7-9-21-47-44/h2-28H,1H3. The zero-order valence-corrected chi connectivity index (χ0v) is 28.6. The van der Waals surface area contributed by atoms with Crippen LogP contribution in [0, 0.1) is 6.92 Å². The van der Waals surface area contributed by atoms with Gasteiger partial charge in [0.25, 0.3) is 0 Å². The fraction of sp³-hybridized carbons (Fsp3) is 0.0222. The highest BCUT2D eigenvalue weighted by Crippen LogP contribution is 2.39. The molecule has 0 spiro atoms. The molecule has 252 valence electrons. The van der Waals surface area contributed by atoms with Gasteiger partial charge in [-0.25, -0.2) is 19.9 Å². The van der Waals surface area contributed by atoms with Gasteiger partial charge in [-0.2, -0.15) is 0 Å². The lowest BCUT2D eigenvalue weighted by molar-refractivity contribution is 0.461. The smallest absolute Gasteiger partial charge is 0.159 e. The van der Waals surface area contributed by atoms with Crippen molar-refractivity contribution in [1.29, 1.82) is 0 Å². The van der Waals surface area contributed by atoms with Crippen molar-refractivity contribution in [2.45, 2.75) is 6.92 Å². The number of rotatable bonds is 7. The third kappa shape index (κ3) is 5.41. The summed E-state index contributed by atoms with van der Waals surface area (Å²) in [5.41, 5.74) is 5.89. The van der Waals surface area contributed by atoms with E-state index in [1.165, 1.54) is 0 Å². The number of fused-ring (bicyclic) bond motifs is 6. The van der Waals surface area contributed by atoms with E-state index in [1.807, 2.05) is 111 Å². The SMILES string of the molecule is Cc1cnc(-c2cc(Oc3ccc4c5ccccc5n(-c5ccccn5)c4c3)cc(Oc3ccc4c5ccccc5n(-c5ccccn5)c4c3)c2)nc1. The van der Waals surface area contributed by atoms with Crippen LogP contribution in [-0.4, -0.2) is 29.1 Å². The maximum Gasteiger partial charge on any atom is 0.159 e. The van der Waals surface area contributed by atoms with Crippen LogP contribution in [0.1, 0.15) is 5.56 Å². The zero-order chi connectivity index (χ0) is 35.3. The van der Waals surface area contributed by atoms with E-state index in [9.17, 15) is 0 Å². The van der Waals surface area contributed by atoms with E-state index in [4.69, 9.17) is 9.47 Å². The molecule has 0 aliphatic heterocycles. The van der Waals surface area contributed by atoms with Crippen LogP contribution in [0.3, 0.4) is 0 Å². The Bertz CT molecular complexity index is 2780. The molecule has 8 nitrogen and oxygen atoms in total. The third-order valence-electron chi connectivity index (χ3n) is 9.44. The first-order valence-corrected chi connectivity index (χ1v) is 17.4. The Morgan fingerprint density at radius 1 is 0.415 bits per heavy atom. The van der Waals surface area contributed by atoms with Crippen LogP contribution in [0.4, 0.5) is 0 Å². The highest BCUT2D eigenvalue weighted by atomic mass is 16.5. The Kier molecular flexibility index (Phi) is 7.18. The van der Waals surface area contributed by atoms with Gasteiger partial charge in [-0.3, -0.25) is 9.13 Å². The minimum Gasteiger partial charge on any atom is -0.457 e. The normalized spacial score (nSPS) is 11.5. The molecule has 5 aromatic heterocycles. The molecule has 0 bridgehead atoms. The summed E-state index contributed by atoms with van der Waals surface area (Å²) in [4.78, 5) is 18.6.